The summed E-state index contributed by atoms with van der Waals surface area (Å²) in [7, 11) is 0. The van der Waals surface area contributed by atoms with Crippen LogP contribution in [0, 0.1) is 13.8 Å². The van der Waals surface area contributed by atoms with Crippen molar-refractivity contribution in [1.82, 2.24) is 14.8 Å². The first-order valence-corrected chi connectivity index (χ1v) is 6.71. The topological polar surface area (TPSA) is 50.7 Å². The van der Waals surface area contributed by atoms with Crippen molar-refractivity contribution < 1.29 is 0 Å². The molecular formula is C16H17N3O. The zero-order chi connectivity index (χ0) is 14.3. The molecule has 0 amide bonds. The average Bonchev–Trinajstić information content (AvgIpc) is 2.76. The predicted molar refractivity (Wildman–Crippen MR) is 80.1 cm³/mol. The molecule has 20 heavy (non-hydrogen) atoms. The fourth-order valence-electron chi connectivity index (χ4n) is 2.71. The molecule has 3 rings (SSSR count). The fourth-order valence-corrected chi connectivity index (χ4v) is 2.71. The lowest BCUT2D eigenvalue weighted by atomic mass is 10.1. The van der Waals surface area contributed by atoms with Crippen LogP contribution in [0.1, 0.15) is 29.8 Å². The number of H-pyrrole nitrogens is 1. The monoisotopic (exact) mass is 267 g/mol. The predicted octanol–water partition coefficient (Wildman–Crippen LogP) is 2.95. The average molecular weight is 267 g/mol. The van der Waals surface area contributed by atoms with Gasteiger partial charge in [0.15, 0.2) is 0 Å². The van der Waals surface area contributed by atoms with Crippen LogP contribution >= 0.6 is 0 Å². The first-order valence-electron chi connectivity index (χ1n) is 6.71. The number of nitrogens with zero attached hydrogens (tertiary/aromatic N) is 2. The van der Waals surface area contributed by atoms with Crippen LogP contribution in [0.15, 0.2) is 41.2 Å². The van der Waals surface area contributed by atoms with Gasteiger partial charge in [0, 0.05) is 11.5 Å². The summed E-state index contributed by atoms with van der Waals surface area (Å²) in [6.45, 7) is 6.01. The largest absolute Gasteiger partial charge is 0.307 e. The first kappa shape index (κ1) is 12.7. The number of nitrogens with one attached hydrogen (secondary N) is 1. The Balaban J connectivity index is 2.25. The molecule has 0 unspecified atom stereocenters. The number of fused-ring (bicyclic) bond motifs is 1. The van der Waals surface area contributed by atoms with Gasteiger partial charge in [-0.25, -0.2) is 4.68 Å². The smallest absolute Gasteiger partial charge is 0.249 e. The summed E-state index contributed by atoms with van der Waals surface area (Å²) in [6, 6.07) is 11.9. The van der Waals surface area contributed by atoms with Crippen LogP contribution in [0.2, 0.25) is 0 Å². The van der Waals surface area contributed by atoms with E-state index in [0.717, 1.165) is 22.3 Å². The van der Waals surface area contributed by atoms with Crippen LogP contribution in [0.25, 0.3) is 11.0 Å². The van der Waals surface area contributed by atoms with Crippen LogP contribution in [-0.2, 0) is 0 Å². The van der Waals surface area contributed by atoms with Crippen LogP contribution in [0.4, 0.5) is 0 Å². The number of aromatic nitrogens is 3. The van der Waals surface area contributed by atoms with Crippen molar-refractivity contribution >= 4 is 11.0 Å². The number of aromatic amines is 1. The normalized spacial score (nSPS) is 12.8. The molecule has 1 atom stereocenters. The maximum absolute atomic E-state index is 11.7. The number of hydrogen-bond acceptors (Lipinski definition) is 2. The lowest BCUT2D eigenvalue weighted by Gasteiger charge is -2.13. The van der Waals surface area contributed by atoms with Gasteiger partial charge in [0.2, 0.25) is 5.56 Å². The highest BCUT2D eigenvalue weighted by Crippen LogP contribution is 2.25. The van der Waals surface area contributed by atoms with Crippen molar-refractivity contribution in [2.45, 2.75) is 26.8 Å². The third-order valence-corrected chi connectivity index (χ3v) is 3.72. The minimum absolute atomic E-state index is 0.0739. The molecule has 0 fully saturated rings. The maximum atomic E-state index is 11.7. The van der Waals surface area contributed by atoms with Gasteiger partial charge in [-0.3, -0.25) is 4.79 Å². The molecule has 0 aliphatic heterocycles. The zero-order valence-electron chi connectivity index (χ0n) is 11.8. The minimum atomic E-state index is -0.0867. The second kappa shape index (κ2) is 4.63. The Bertz CT molecular complexity index is 815. The zero-order valence-corrected chi connectivity index (χ0v) is 11.8. The quantitative estimate of drug-likeness (QED) is 0.776. The SMILES string of the molecule is Cc1cc(=O)[nH]c2c1c(C)nn2[C@@H](C)c1ccccc1. The minimum Gasteiger partial charge on any atom is -0.307 e. The maximum Gasteiger partial charge on any atom is 0.249 e. The van der Waals surface area contributed by atoms with Gasteiger partial charge < -0.3 is 4.98 Å². The van der Waals surface area contributed by atoms with Gasteiger partial charge >= 0.3 is 0 Å². The number of benzene rings is 1. The molecule has 1 aromatic carbocycles. The van der Waals surface area contributed by atoms with Crippen LogP contribution in [-0.4, -0.2) is 14.8 Å². The molecule has 1 N–H and O–H groups in total. The van der Waals surface area contributed by atoms with Crippen molar-refractivity contribution in [3.63, 3.8) is 0 Å². The third kappa shape index (κ3) is 1.93. The van der Waals surface area contributed by atoms with E-state index in [-0.39, 0.29) is 11.6 Å². The molecule has 3 aromatic rings. The summed E-state index contributed by atoms with van der Waals surface area (Å²) in [6.07, 6.45) is 0. The first-order chi connectivity index (χ1) is 9.58. The van der Waals surface area contributed by atoms with Gasteiger partial charge in [0.05, 0.1) is 11.7 Å². The van der Waals surface area contributed by atoms with E-state index in [9.17, 15) is 4.79 Å². The molecule has 102 valence electrons. The van der Waals surface area contributed by atoms with Crippen molar-refractivity contribution in [2.24, 2.45) is 0 Å². The van der Waals surface area contributed by atoms with E-state index in [2.05, 4.69) is 29.1 Å². The van der Waals surface area contributed by atoms with Gasteiger partial charge in [-0.05, 0) is 31.9 Å². The lowest BCUT2D eigenvalue weighted by Crippen LogP contribution is -2.12. The summed E-state index contributed by atoms with van der Waals surface area (Å²) in [5.74, 6) is 0. The molecular weight excluding hydrogens is 250 g/mol. The molecule has 0 aliphatic carbocycles. The van der Waals surface area contributed by atoms with E-state index in [1.54, 1.807) is 6.07 Å². The molecule has 4 heteroatoms. The molecule has 0 saturated carbocycles. The van der Waals surface area contributed by atoms with Crippen LogP contribution in [0.5, 0.6) is 0 Å². The Hall–Kier alpha value is -2.36. The Morgan fingerprint density at radius 3 is 2.60 bits per heavy atom. The van der Waals surface area contributed by atoms with E-state index in [4.69, 9.17) is 0 Å². The van der Waals surface area contributed by atoms with Crippen LogP contribution < -0.4 is 5.56 Å². The Morgan fingerprint density at radius 2 is 1.90 bits per heavy atom. The number of aryl methyl sites for hydroxylation is 2. The Labute approximate surface area is 117 Å². The van der Waals surface area contributed by atoms with Gasteiger partial charge in [-0.15, -0.1) is 0 Å². The summed E-state index contributed by atoms with van der Waals surface area (Å²) in [5.41, 5.74) is 3.78. The Kier molecular flexibility index (Phi) is 2.93. The highest BCUT2D eigenvalue weighted by Gasteiger charge is 2.16. The van der Waals surface area contributed by atoms with Crippen molar-refractivity contribution in [2.75, 3.05) is 0 Å². The molecule has 0 spiro atoms. The highest BCUT2D eigenvalue weighted by molar-refractivity contribution is 5.81. The van der Waals surface area contributed by atoms with Gasteiger partial charge in [-0.1, -0.05) is 30.3 Å². The molecule has 2 aromatic heterocycles. The van der Waals surface area contributed by atoms with E-state index in [1.807, 2.05) is 36.7 Å². The van der Waals surface area contributed by atoms with E-state index < -0.39 is 0 Å². The van der Waals surface area contributed by atoms with Crippen LogP contribution in [0.3, 0.4) is 0 Å². The Morgan fingerprint density at radius 1 is 1.20 bits per heavy atom. The fraction of sp³-hybridized carbons (Fsp3) is 0.250. The van der Waals surface area contributed by atoms with Gasteiger partial charge in [-0.2, -0.15) is 5.10 Å². The number of hydrogen-bond donors (Lipinski definition) is 1. The summed E-state index contributed by atoms with van der Waals surface area (Å²) >= 11 is 0. The van der Waals surface area contributed by atoms with Gasteiger partial charge in [0.1, 0.15) is 5.65 Å². The van der Waals surface area contributed by atoms with Crippen molar-refractivity contribution in [1.29, 1.82) is 0 Å². The molecule has 0 bridgehead atoms. The summed E-state index contributed by atoms with van der Waals surface area (Å²) in [5, 5.41) is 5.65. The number of rotatable bonds is 2. The summed E-state index contributed by atoms with van der Waals surface area (Å²) < 4.78 is 1.90. The molecule has 0 saturated heterocycles. The van der Waals surface area contributed by atoms with E-state index >= 15 is 0 Å². The molecule has 4 nitrogen and oxygen atoms in total. The highest BCUT2D eigenvalue weighted by atomic mass is 16.1. The standard InChI is InChI=1S/C16H17N3O/c1-10-9-14(20)17-16-15(10)11(2)18-19(16)12(3)13-7-5-4-6-8-13/h4-9,12H,1-3H3,(H,17,20)/t12-/m0/s1. The second-order valence-corrected chi connectivity index (χ2v) is 5.16. The lowest BCUT2D eigenvalue weighted by molar-refractivity contribution is 0.574. The second-order valence-electron chi connectivity index (χ2n) is 5.16. The van der Waals surface area contributed by atoms with Crippen molar-refractivity contribution in [3.8, 4) is 0 Å². The summed E-state index contributed by atoms with van der Waals surface area (Å²) in [4.78, 5) is 14.6. The number of pyridine rings is 1. The van der Waals surface area contributed by atoms with Crippen molar-refractivity contribution in [3.05, 3.63) is 63.6 Å². The third-order valence-electron chi connectivity index (χ3n) is 3.72. The molecule has 0 radical (unpaired) electrons. The van der Waals surface area contributed by atoms with E-state index in [0.29, 0.717) is 0 Å². The molecule has 2 heterocycles. The van der Waals surface area contributed by atoms with Gasteiger partial charge in [0.25, 0.3) is 0 Å². The molecule has 0 aliphatic rings. The van der Waals surface area contributed by atoms with E-state index in [1.165, 1.54) is 5.56 Å².